The molecule has 10 heteroatoms. The Labute approximate surface area is 163 Å². The number of piperazine rings is 1. The summed E-state index contributed by atoms with van der Waals surface area (Å²) >= 11 is 0. The fourth-order valence-electron chi connectivity index (χ4n) is 3.29. The van der Waals surface area contributed by atoms with Gasteiger partial charge in [-0.1, -0.05) is 24.3 Å². The van der Waals surface area contributed by atoms with Crippen LogP contribution in [0.25, 0.3) is 0 Å². The van der Waals surface area contributed by atoms with E-state index >= 15 is 0 Å². The third-order valence-electron chi connectivity index (χ3n) is 4.35. The van der Waals surface area contributed by atoms with Gasteiger partial charge in [0.25, 0.3) is 0 Å². The summed E-state index contributed by atoms with van der Waals surface area (Å²) in [4.78, 5) is 2.04. The maximum atomic E-state index is 12.6. The van der Waals surface area contributed by atoms with Crippen LogP contribution in [0.5, 0.6) is 11.5 Å². The molecule has 1 aliphatic rings. The lowest BCUT2D eigenvalue weighted by Crippen LogP contribution is -2.45. The average molecular weight is 420 g/mol. The molecule has 0 unspecified atom stereocenters. The second kappa shape index (κ2) is 8.50. The fourth-order valence-corrected chi connectivity index (χ4v) is 3.29. The highest BCUT2D eigenvalue weighted by atomic mass is 19.4. The summed E-state index contributed by atoms with van der Waals surface area (Å²) in [5.74, 6) is -0.721. The van der Waals surface area contributed by atoms with E-state index in [0.29, 0.717) is 37.3 Å². The number of halogens is 6. The Morgan fingerprint density at radius 3 is 1.93 bits per heavy atom. The summed E-state index contributed by atoms with van der Waals surface area (Å²) in [5, 5.41) is 3.19. The van der Waals surface area contributed by atoms with Gasteiger partial charge in [-0.2, -0.15) is 0 Å². The molecule has 3 rings (SSSR count). The van der Waals surface area contributed by atoms with Gasteiger partial charge in [0.05, 0.1) is 6.04 Å². The lowest BCUT2D eigenvalue weighted by Gasteiger charge is -2.35. The van der Waals surface area contributed by atoms with Crippen molar-refractivity contribution in [2.75, 3.05) is 26.2 Å². The lowest BCUT2D eigenvalue weighted by atomic mass is 9.96. The first-order valence-corrected chi connectivity index (χ1v) is 8.77. The van der Waals surface area contributed by atoms with Crippen molar-refractivity contribution in [1.82, 2.24) is 10.2 Å². The molecule has 2 aromatic carbocycles. The zero-order chi connectivity index (χ0) is 21.1. The molecule has 1 aliphatic heterocycles. The topological polar surface area (TPSA) is 33.7 Å². The molecule has 0 aromatic heterocycles. The normalized spacial score (nSPS) is 17.0. The molecule has 0 spiro atoms. The Balaban J connectivity index is 1.92. The fraction of sp³-hybridized carbons (Fsp3) is 0.368. The second-order valence-corrected chi connectivity index (χ2v) is 6.43. The summed E-state index contributed by atoms with van der Waals surface area (Å²) in [5.41, 5.74) is 1.17. The first-order chi connectivity index (χ1) is 13.6. The predicted octanol–water partition coefficient (Wildman–Crippen LogP) is 4.48. The van der Waals surface area contributed by atoms with Crippen LogP contribution in [-0.2, 0) is 0 Å². The average Bonchev–Trinajstić information content (AvgIpc) is 2.62. The highest BCUT2D eigenvalue weighted by molar-refractivity contribution is 5.39. The van der Waals surface area contributed by atoms with Gasteiger partial charge in [0.15, 0.2) is 0 Å². The third-order valence-corrected chi connectivity index (χ3v) is 4.35. The van der Waals surface area contributed by atoms with Gasteiger partial charge in [-0.05, 0) is 35.4 Å². The second-order valence-electron chi connectivity index (χ2n) is 6.43. The van der Waals surface area contributed by atoms with Crippen molar-refractivity contribution in [1.29, 1.82) is 0 Å². The quantitative estimate of drug-likeness (QED) is 0.724. The van der Waals surface area contributed by atoms with E-state index in [2.05, 4.69) is 14.8 Å². The number of benzene rings is 2. The van der Waals surface area contributed by atoms with E-state index < -0.39 is 18.8 Å². The number of rotatable bonds is 5. The van der Waals surface area contributed by atoms with E-state index in [1.807, 2.05) is 4.90 Å². The Hall–Kier alpha value is -2.46. The van der Waals surface area contributed by atoms with Gasteiger partial charge in [0, 0.05) is 26.2 Å². The zero-order valence-electron chi connectivity index (χ0n) is 15.1. The Kier molecular flexibility index (Phi) is 6.23. The van der Waals surface area contributed by atoms with Crippen LogP contribution >= 0.6 is 0 Å². The highest BCUT2D eigenvalue weighted by Gasteiger charge is 2.33. The van der Waals surface area contributed by atoms with Gasteiger partial charge in [0.2, 0.25) is 0 Å². The molecular weight excluding hydrogens is 402 g/mol. The largest absolute Gasteiger partial charge is 0.573 e. The van der Waals surface area contributed by atoms with Crippen molar-refractivity contribution in [3.05, 3.63) is 59.7 Å². The highest BCUT2D eigenvalue weighted by Crippen LogP contribution is 2.34. The van der Waals surface area contributed by atoms with Crippen molar-refractivity contribution < 1.29 is 35.8 Å². The summed E-state index contributed by atoms with van der Waals surface area (Å²) in [6.45, 7) is 2.61. The molecule has 2 aromatic rings. The van der Waals surface area contributed by atoms with Crippen molar-refractivity contribution in [3.8, 4) is 11.5 Å². The number of alkyl halides is 6. The molecule has 1 N–H and O–H groups in total. The van der Waals surface area contributed by atoms with Gasteiger partial charge >= 0.3 is 12.7 Å². The van der Waals surface area contributed by atoms with Gasteiger partial charge in [-0.15, -0.1) is 26.3 Å². The number of hydrogen-bond donors (Lipinski definition) is 1. The monoisotopic (exact) mass is 420 g/mol. The van der Waals surface area contributed by atoms with Gasteiger partial charge < -0.3 is 14.8 Å². The summed E-state index contributed by atoms with van der Waals surface area (Å²) < 4.78 is 82.8. The van der Waals surface area contributed by atoms with Gasteiger partial charge in [-0.25, -0.2) is 0 Å². The summed E-state index contributed by atoms with van der Waals surface area (Å²) in [7, 11) is 0. The number of nitrogens with zero attached hydrogens (tertiary/aromatic N) is 1. The maximum absolute atomic E-state index is 12.6. The molecule has 1 atom stereocenters. The minimum Gasteiger partial charge on any atom is -0.406 e. The van der Waals surface area contributed by atoms with Crippen LogP contribution in [0.4, 0.5) is 26.3 Å². The third kappa shape index (κ3) is 6.26. The van der Waals surface area contributed by atoms with E-state index in [0.717, 1.165) is 0 Å². The lowest BCUT2D eigenvalue weighted by molar-refractivity contribution is -0.275. The van der Waals surface area contributed by atoms with Gasteiger partial charge in [0.1, 0.15) is 11.5 Å². The standard InChI is InChI=1S/C19H18F6N2O2/c20-18(21,22)28-15-6-4-13(5-7-15)17(27-10-8-26-9-11-27)14-2-1-3-16(12-14)29-19(23,24)25/h1-7,12,17,26H,8-11H2/t17-/m0/s1. The molecule has 0 saturated carbocycles. The Bertz CT molecular complexity index is 802. The van der Waals surface area contributed by atoms with Crippen LogP contribution < -0.4 is 14.8 Å². The van der Waals surface area contributed by atoms with Crippen molar-refractivity contribution in [3.63, 3.8) is 0 Å². The van der Waals surface area contributed by atoms with Crippen molar-refractivity contribution >= 4 is 0 Å². The molecule has 1 saturated heterocycles. The van der Waals surface area contributed by atoms with E-state index in [4.69, 9.17) is 0 Å². The first kappa shape index (κ1) is 21.3. The minimum atomic E-state index is -4.82. The molecule has 1 fully saturated rings. The Morgan fingerprint density at radius 2 is 1.34 bits per heavy atom. The minimum absolute atomic E-state index is 0.354. The molecule has 1 heterocycles. The van der Waals surface area contributed by atoms with E-state index in [1.165, 1.54) is 42.5 Å². The van der Waals surface area contributed by atoms with Gasteiger partial charge in [-0.3, -0.25) is 4.90 Å². The summed E-state index contributed by atoms with van der Waals surface area (Å²) in [6, 6.07) is 10.5. The number of ether oxygens (including phenoxy) is 2. The van der Waals surface area contributed by atoms with E-state index in [1.54, 1.807) is 6.07 Å². The first-order valence-electron chi connectivity index (χ1n) is 8.77. The van der Waals surface area contributed by atoms with Crippen molar-refractivity contribution in [2.45, 2.75) is 18.8 Å². The van der Waals surface area contributed by atoms with Crippen LogP contribution in [0.2, 0.25) is 0 Å². The predicted molar refractivity (Wildman–Crippen MR) is 92.5 cm³/mol. The molecular formula is C19H18F6N2O2. The van der Waals surface area contributed by atoms with Crippen LogP contribution in [0.3, 0.4) is 0 Å². The molecule has 29 heavy (non-hydrogen) atoms. The number of nitrogens with one attached hydrogen (secondary N) is 1. The molecule has 4 nitrogen and oxygen atoms in total. The van der Waals surface area contributed by atoms with Crippen LogP contribution in [0, 0.1) is 0 Å². The van der Waals surface area contributed by atoms with Crippen molar-refractivity contribution in [2.24, 2.45) is 0 Å². The van der Waals surface area contributed by atoms with E-state index in [-0.39, 0.29) is 11.5 Å². The molecule has 0 amide bonds. The molecule has 158 valence electrons. The van der Waals surface area contributed by atoms with Crippen LogP contribution in [-0.4, -0.2) is 43.8 Å². The summed E-state index contributed by atoms with van der Waals surface area (Å²) in [6.07, 6.45) is -9.62. The molecule has 0 aliphatic carbocycles. The maximum Gasteiger partial charge on any atom is 0.573 e. The molecule has 0 radical (unpaired) electrons. The molecule has 0 bridgehead atoms. The van der Waals surface area contributed by atoms with Crippen LogP contribution in [0.15, 0.2) is 48.5 Å². The smallest absolute Gasteiger partial charge is 0.406 e. The number of hydrogen-bond acceptors (Lipinski definition) is 4. The SMILES string of the molecule is FC(F)(F)Oc1ccc([C@@H](c2cccc(OC(F)(F)F)c2)N2CCNCC2)cc1. The zero-order valence-corrected chi connectivity index (χ0v) is 15.1. The van der Waals surface area contributed by atoms with E-state index in [9.17, 15) is 26.3 Å². The Morgan fingerprint density at radius 1 is 0.759 bits per heavy atom. The van der Waals surface area contributed by atoms with Crippen LogP contribution in [0.1, 0.15) is 17.2 Å².